The zero-order valence-corrected chi connectivity index (χ0v) is 18.7. The normalized spacial score (nSPS) is 16.0. The Hall–Kier alpha value is -3.01. The number of anilines is 2. The lowest BCUT2D eigenvalue weighted by Crippen LogP contribution is -2.47. The molecule has 10 heteroatoms. The zero-order chi connectivity index (χ0) is 22.9. The number of nitrogens with one attached hydrogen (secondary N) is 1. The molecule has 1 aliphatic rings. The summed E-state index contributed by atoms with van der Waals surface area (Å²) in [4.78, 5) is 16.7. The van der Waals surface area contributed by atoms with Crippen molar-refractivity contribution in [2.75, 3.05) is 29.8 Å². The smallest absolute Gasteiger partial charge is 0.303 e. The van der Waals surface area contributed by atoms with Crippen molar-refractivity contribution in [1.82, 2.24) is 9.29 Å². The number of benzene rings is 2. The van der Waals surface area contributed by atoms with Gasteiger partial charge in [0.2, 0.25) is 0 Å². The lowest BCUT2D eigenvalue weighted by Gasteiger charge is -2.33. The van der Waals surface area contributed by atoms with Crippen LogP contribution in [0.25, 0.3) is 11.3 Å². The van der Waals surface area contributed by atoms with E-state index >= 15 is 0 Å². The van der Waals surface area contributed by atoms with Gasteiger partial charge in [0.15, 0.2) is 0 Å². The number of carbonyl (C=O) groups is 1. The maximum absolute atomic E-state index is 13.2. The summed E-state index contributed by atoms with van der Waals surface area (Å²) >= 11 is 6.24. The Bertz CT molecular complexity index is 1250. The Kier molecular flexibility index (Phi) is 6.14. The average molecular weight is 475 g/mol. The number of hydrogen-bond acceptors (Lipinski definition) is 4. The SMILES string of the molecule is CN1CCCN(c2ccc(C(=O)Nc3ccc(Cl)c(-c4ccc(F)cn4)c3)cc2)S1(=O)=O. The predicted octanol–water partition coefficient (Wildman–Crippen LogP) is 4.18. The Labute approximate surface area is 190 Å². The molecule has 0 saturated carbocycles. The number of nitrogens with zero attached hydrogens (tertiary/aromatic N) is 3. The third kappa shape index (κ3) is 4.45. The zero-order valence-electron chi connectivity index (χ0n) is 17.1. The molecule has 1 aromatic heterocycles. The van der Waals surface area contributed by atoms with Gasteiger partial charge in [0.1, 0.15) is 5.82 Å². The Morgan fingerprint density at radius 1 is 1.09 bits per heavy atom. The first-order chi connectivity index (χ1) is 15.3. The molecule has 0 unspecified atom stereocenters. The van der Waals surface area contributed by atoms with Crippen LogP contribution in [0.2, 0.25) is 5.02 Å². The number of carbonyl (C=O) groups excluding carboxylic acids is 1. The van der Waals surface area contributed by atoms with Crippen LogP contribution >= 0.6 is 11.6 Å². The van der Waals surface area contributed by atoms with Crippen molar-refractivity contribution in [1.29, 1.82) is 0 Å². The highest BCUT2D eigenvalue weighted by Crippen LogP contribution is 2.30. The van der Waals surface area contributed by atoms with Gasteiger partial charge in [-0.15, -0.1) is 0 Å². The lowest BCUT2D eigenvalue weighted by atomic mass is 10.1. The van der Waals surface area contributed by atoms with Crippen LogP contribution in [0.15, 0.2) is 60.8 Å². The first kappa shape index (κ1) is 22.2. The van der Waals surface area contributed by atoms with E-state index in [-0.39, 0.29) is 5.91 Å². The maximum Gasteiger partial charge on any atom is 0.303 e. The second kappa shape index (κ2) is 8.85. The highest BCUT2D eigenvalue weighted by Gasteiger charge is 2.31. The molecular formula is C22H20ClFN4O3S. The van der Waals surface area contributed by atoms with Crippen molar-refractivity contribution >= 4 is 39.1 Å². The predicted molar refractivity (Wildman–Crippen MR) is 123 cm³/mol. The van der Waals surface area contributed by atoms with Crippen LogP contribution in [-0.4, -0.2) is 43.8 Å². The molecule has 4 rings (SSSR count). The molecule has 0 atom stereocenters. The van der Waals surface area contributed by atoms with E-state index < -0.39 is 16.0 Å². The Balaban J connectivity index is 1.52. The molecule has 2 heterocycles. The first-order valence-corrected chi connectivity index (χ1v) is 11.6. The van der Waals surface area contributed by atoms with Crippen LogP contribution in [0, 0.1) is 5.82 Å². The average Bonchev–Trinajstić information content (AvgIpc) is 2.78. The quantitative estimate of drug-likeness (QED) is 0.615. The van der Waals surface area contributed by atoms with Gasteiger partial charge in [0.25, 0.3) is 5.91 Å². The van der Waals surface area contributed by atoms with Crippen molar-refractivity contribution in [3.63, 3.8) is 0 Å². The van der Waals surface area contributed by atoms with Gasteiger partial charge in [0.05, 0.1) is 22.6 Å². The van der Waals surface area contributed by atoms with Crippen LogP contribution < -0.4 is 9.62 Å². The van der Waals surface area contributed by atoms with E-state index in [9.17, 15) is 17.6 Å². The summed E-state index contributed by atoms with van der Waals surface area (Å²) in [6.07, 6.45) is 1.82. The minimum atomic E-state index is -3.55. The van der Waals surface area contributed by atoms with Gasteiger partial charge in [-0.3, -0.25) is 14.1 Å². The largest absolute Gasteiger partial charge is 0.322 e. The molecule has 1 amide bonds. The second-order valence-electron chi connectivity index (χ2n) is 7.31. The summed E-state index contributed by atoms with van der Waals surface area (Å²) in [7, 11) is -2.00. The van der Waals surface area contributed by atoms with Gasteiger partial charge in [0, 0.05) is 37.0 Å². The molecule has 1 fully saturated rings. The molecule has 166 valence electrons. The summed E-state index contributed by atoms with van der Waals surface area (Å²) < 4.78 is 40.8. The summed E-state index contributed by atoms with van der Waals surface area (Å²) in [5.74, 6) is -0.822. The van der Waals surface area contributed by atoms with E-state index in [1.54, 1.807) is 49.5 Å². The first-order valence-electron chi connectivity index (χ1n) is 9.82. The molecule has 0 bridgehead atoms. The summed E-state index contributed by atoms with van der Waals surface area (Å²) in [5, 5.41) is 3.21. The van der Waals surface area contributed by atoms with E-state index in [2.05, 4.69) is 10.3 Å². The Morgan fingerprint density at radius 2 is 1.84 bits per heavy atom. The molecule has 0 radical (unpaired) electrons. The molecule has 1 saturated heterocycles. The van der Waals surface area contributed by atoms with Crippen LogP contribution in [0.4, 0.5) is 15.8 Å². The highest BCUT2D eigenvalue weighted by atomic mass is 35.5. The van der Waals surface area contributed by atoms with E-state index in [4.69, 9.17) is 11.6 Å². The van der Waals surface area contributed by atoms with E-state index in [1.165, 1.54) is 20.7 Å². The fourth-order valence-electron chi connectivity index (χ4n) is 3.42. The fraction of sp³-hybridized carbons (Fsp3) is 0.182. The third-order valence-corrected chi connectivity index (χ3v) is 7.40. The molecule has 0 aliphatic carbocycles. The second-order valence-corrected chi connectivity index (χ2v) is 9.68. The minimum absolute atomic E-state index is 0.365. The summed E-state index contributed by atoms with van der Waals surface area (Å²) in [6, 6.07) is 14.1. The number of pyridine rings is 1. The van der Waals surface area contributed by atoms with Crippen molar-refractivity contribution < 1.29 is 17.6 Å². The number of hydrogen-bond donors (Lipinski definition) is 1. The van der Waals surface area contributed by atoms with Crippen molar-refractivity contribution in [2.45, 2.75) is 6.42 Å². The fourth-order valence-corrected chi connectivity index (χ4v) is 5.07. The number of rotatable bonds is 4. The molecule has 32 heavy (non-hydrogen) atoms. The minimum Gasteiger partial charge on any atom is -0.322 e. The molecule has 3 aromatic rings. The molecule has 7 nitrogen and oxygen atoms in total. The molecule has 1 N–H and O–H groups in total. The van der Waals surface area contributed by atoms with Crippen molar-refractivity contribution in [3.8, 4) is 11.3 Å². The van der Waals surface area contributed by atoms with Gasteiger partial charge in [-0.2, -0.15) is 12.7 Å². The van der Waals surface area contributed by atoms with Gasteiger partial charge >= 0.3 is 10.2 Å². The monoisotopic (exact) mass is 474 g/mol. The summed E-state index contributed by atoms with van der Waals surface area (Å²) in [6.45, 7) is 0.874. The van der Waals surface area contributed by atoms with Gasteiger partial charge < -0.3 is 5.32 Å². The Morgan fingerprint density at radius 3 is 2.53 bits per heavy atom. The van der Waals surface area contributed by atoms with Crippen LogP contribution in [0.5, 0.6) is 0 Å². The summed E-state index contributed by atoms with van der Waals surface area (Å²) in [5.41, 5.74) is 2.39. The van der Waals surface area contributed by atoms with Crippen molar-refractivity contribution in [2.24, 2.45) is 0 Å². The topological polar surface area (TPSA) is 82.6 Å². The molecular weight excluding hydrogens is 455 g/mol. The number of halogens is 2. The molecule has 0 spiro atoms. The van der Waals surface area contributed by atoms with Gasteiger partial charge in [-0.1, -0.05) is 11.6 Å². The van der Waals surface area contributed by atoms with E-state index in [1.807, 2.05) is 0 Å². The highest BCUT2D eigenvalue weighted by molar-refractivity contribution is 7.90. The number of aromatic nitrogens is 1. The third-order valence-electron chi connectivity index (χ3n) is 5.15. The van der Waals surface area contributed by atoms with Crippen LogP contribution in [0.3, 0.4) is 0 Å². The van der Waals surface area contributed by atoms with Crippen molar-refractivity contribution in [3.05, 3.63) is 77.2 Å². The maximum atomic E-state index is 13.2. The lowest BCUT2D eigenvalue weighted by molar-refractivity contribution is 0.102. The van der Waals surface area contributed by atoms with Crippen LogP contribution in [0.1, 0.15) is 16.8 Å². The standard InChI is InChI=1S/C22H20ClFN4O3S/c1-27-11-2-12-28(32(27,30)31)18-7-3-15(4-8-18)22(29)26-17-6-9-20(23)19(13-17)21-10-5-16(24)14-25-21/h3-10,13-14H,2,11-12H2,1H3,(H,26,29). The molecule has 1 aliphatic heterocycles. The van der Waals surface area contributed by atoms with E-state index in [0.29, 0.717) is 46.3 Å². The van der Waals surface area contributed by atoms with Crippen LogP contribution in [-0.2, 0) is 10.2 Å². The van der Waals surface area contributed by atoms with Gasteiger partial charge in [-0.25, -0.2) is 4.39 Å². The number of amides is 1. The van der Waals surface area contributed by atoms with Gasteiger partial charge in [-0.05, 0) is 61.0 Å². The molecule has 2 aromatic carbocycles. The van der Waals surface area contributed by atoms with E-state index in [0.717, 1.165) is 12.6 Å².